The SMILES string of the molecule is C=C(C)C(=O)Oc1c(Cl)ccc(OCCCCCCCCOc2ccc(Cl)c(OC(=O)C(=C)C)c2Cl)c1Cl. The number of benzene rings is 2. The zero-order chi connectivity index (χ0) is 28.2. The molecule has 38 heavy (non-hydrogen) atoms. The molecule has 0 aliphatic heterocycles. The maximum Gasteiger partial charge on any atom is 0.338 e. The Balaban J connectivity index is 1.67. The van der Waals surface area contributed by atoms with Crippen molar-refractivity contribution in [2.24, 2.45) is 0 Å². The summed E-state index contributed by atoms with van der Waals surface area (Å²) in [5.74, 6) is -0.301. The van der Waals surface area contributed by atoms with Gasteiger partial charge in [-0.1, -0.05) is 85.2 Å². The van der Waals surface area contributed by atoms with Crippen molar-refractivity contribution in [1.29, 1.82) is 0 Å². The van der Waals surface area contributed by atoms with Crippen molar-refractivity contribution < 1.29 is 28.5 Å². The highest BCUT2D eigenvalue weighted by molar-refractivity contribution is 6.39. The van der Waals surface area contributed by atoms with E-state index >= 15 is 0 Å². The van der Waals surface area contributed by atoms with Gasteiger partial charge in [0.25, 0.3) is 0 Å². The minimum atomic E-state index is -0.610. The van der Waals surface area contributed by atoms with Crippen molar-refractivity contribution in [2.75, 3.05) is 13.2 Å². The number of ether oxygens (including phenoxy) is 4. The molecule has 0 radical (unpaired) electrons. The highest BCUT2D eigenvalue weighted by Gasteiger charge is 2.18. The lowest BCUT2D eigenvalue weighted by Crippen LogP contribution is -2.09. The van der Waals surface area contributed by atoms with Gasteiger partial charge in [0.1, 0.15) is 21.5 Å². The van der Waals surface area contributed by atoms with E-state index in [1.165, 1.54) is 13.8 Å². The molecule has 0 aliphatic carbocycles. The van der Waals surface area contributed by atoms with Crippen LogP contribution in [0.5, 0.6) is 23.0 Å². The number of halogens is 4. The quantitative estimate of drug-likeness (QED) is 0.0875. The fourth-order valence-electron chi connectivity index (χ4n) is 3.07. The van der Waals surface area contributed by atoms with Crippen LogP contribution in [-0.2, 0) is 9.59 Å². The van der Waals surface area contributed by atoms with Gasteiger partial charge < -0.3 is 18.9 Å². The van der Waals surface area contributed by atoms with Crippen LogP contribution < -0.4 is 18.9 Å². The second-order valence-electron chi connectivity index (χ2n) is 8.54. The van der Waals surface area contributed by atoms with E-state index in [2.05, 4.69) is 13.2 Å². The van der Waals surface area contributed by atoms with Gasteiger partial charge in [-0.3, -0.25) is 0 Å². The molecule has 6 nitrogen and oxygen atoms in total. The first-order valence-electron chi connectivity index (χ1n) is 12.0. The number of hydrogen-bond donors (Lipinski definition) is 0. The summed E-state index contributed by atoms with van der Waals surface area (Å²) in [6.45, 7) is 11.1. The van der Waals surface area contributed by atoms with Crippen molar-refractivity contribution in [3.63, 3.8) is 0 Å². The van der Waals surface area contributed by atoms with Gasteiger partial charge in [0.15, 0.2) is 11.5 Å². The van der Waals surface area contributed by atoms with Crippen LogP contribution in [0.15, 0.2) is 48.6 Å². The molecule has 10 heteroatoms. The van der Waals surface area contributed by atoms with Gasteiger partial charge in [-0.25, -0.2) is 9.59 Å². The predicted octanol–water partition coefficient (Wildman–Crippen LogP) is 9.06. The normalized spacial score (nSPS) is 10.6. The number of carbonyl (C=O) groups excluding carboxylic acids is 2. The van der Waals surface area contributed by atoms with E-state index in [0.717, 1.165) is 38.5 Å². The Morgan fingerprint density at radius 3 is 1.32 bits per heavy atom. The Hall–Kier alpha value is -2.38. The lowest BCUT2D eigenvalue weighted by molar-refractivity contribution is -0.130. The monoisotopic (exact) mass is 602 g/mol. The molecular weight excluding hydrogens is 574 g/mol. The molecular formula is C28H30Cl4O6. The minimum absolute atomic E-state index is 0.0602. The van der Waals surface area contributed by atoms with Crippen molar-refractivity contribution >= 4 is 58.3 Å². The Morgan fingerprint density at radius 1 is 0.632 bits per heavy atom. The molecule has 0 bridgehead atoms. The molecule has 0 atom stereocenters. The first-order chi connectivity index (χ1) is 18.0. The summed E-state index contributed by atoms with van der Waals surface area (Å²) in [6, 6.07) is 6.42. The number of rotatable bonds is 15. The average Bonchev–Trinajstić information content (AvgIpc) is 2.87. The molecule has 0 saturated carbocycles. The van der Waals surface area contributed by atoms with Crippen LogP contribution in [0, 0.1) is 0 Å². The summed E-state index contributed by atoms with van der Waals surface area (Å²) in [5, 5.41) is 0.722. The number of esters is 2. The molecule has 0 aromatic heterocycles. The van der Waals surface area contributed by atoms with Gasteiger partial charge in [0, 0.05) is 11.1 Å². The molecule has 2 aromatic rings. The predicted molar refractivity (Wildman–Crippen MR) is 153 cm³/mol. The summed E-state index contributed by atoms with van der Waals surface area (Å²) in [7, 11) is 0. The van der Waals surface area contributed by atoms with E-state index < -0.39 is 11.9 Å². The Morgan fingerprint density at radius 2 is 0.974 bits per heavy atom. The van der Waals surface area contributed by atoms with E-state index in [4.69, 9.17) is 65.4 Å². The van der Waals surface area contributed by atoms with Crippen LogP contribution in [0.3, 0.4) is 0 Å². The third kappa shape index (κ3) is 9.73. The van der Waals surface area contributed by atoms with E-state index in [0.29, 0.717) is 24.7 Å². The van der Waals surface area contributed by atoms with Crippen molar-refractivity contribution in [2.45, 2.75) is 52.4 Å². The first-order valence-corrected chi connectivity index (χ1v) is 13.5. The molecule has 0 amide bonds. The Bertz CT molecular complexity index is 1090. The fourth-order valence-corrected chi connectivity index (χ4v) is 4.08. The van der Waals surface area contributed by atoms with E-state index in [-0.39, 0.29) is 42.7 Å². The van der Waals surface area contributed by atoms with Crippen LogP contribution in [0.2, 0.25) is 20.1 Å². The molecule has 2 rings (SSSR count). The van der Waals surface area contributed by atoms with E-state index in [9.17, 15) is 9.59 Å². The maximum absolute atomic E-state index is 11.8. The zero-order valence-electron chi connectivity index (χ0n) is 21.3. The molecule has 0 fully saturated rings. The van der Waals surface area contributed by atoms with Gasteiger partial charge in [0.2, 0.25) is 0 Å². The lowest BCUT2D eigenvalue weighted by Gasteiger charge is -2.13. The maximum atomic E-state index is 11.8. The third-order valence-electron chi connectivity index (χ3n) is 5.17. The van der Waals surface area contributed by atoms with Crippen molar-refractivity contribution in [3.05, 3.63) is 68.7 Å². The van der Waals surface area contributed by atoms with Crippen LogP contribution in [0.1, 0.15) is 52.4 Å². The van der Waals surface area contributed by atoms with Crippen molar-refractivity contribution in [1.82, 2.24) is 0 Å². The number of hydrogen-bond acceptors (Lipinski definition) is 6. The smallest absolute Gasteiger partial charge is 0.338 e. The summed E-state index contributed by atoms with van der Waals surface area (Å²) >= 11 is 24.8. The van der Waals surface area contributed by atoms with Crippen LogP contribution >= 0.6 is 46.4 Å². The minimum Gasteiger partial charge on any atom is -0.492 e. The van der Waals surface area contributed by atoms with Crippen LogP contribution in [0.4, 0.5) is 0 Å². The summed E-state index contributed by atoms with van der Waals surface area (Å²) in [5.41, 5.74) is 0.471. The zero-order valence-corrected chi connectivity index (χ0v) is 24.4. The highest BCUT2D eigenvalue weighted by Crippen LogP contribution is 2.41. The number of carbonyl (C=O) groups is 2. The summed E-state index contributed by atoms with van der Waals surface area (Å²) in [6.07, 6.45) is 5.68. The van der Waals surface area contributed by atoms with Gasteiger partial charge in [0.05, 0.1) is 23.3 Å². The Labute approximate surface area is 243 Å². The lowest BCUT2D eigenvalue weighted by atomic mass is 10.1. The molecule has 2 aromatic carbocycles. The van der Waals surface area contributed by atoms with Gasteiger partial charge in [-0.05, 0) is 51.0 Å². The largest absolute Gasteiger partial charge is 0.492 e. The van der Waals surface area contributed by atoms with E-state index in [1.54, 1.807) is 24.3 Å². The molecule has 0 unspecified atom stereocenters. The average molecular weight is 604 g/mol. The molecule has 0 N–H and O–H groups in total. The summed E-state index contributed by atoms with van der Waals surface area (Å²) in [4.78, 5) is 23.6. The van der Waals surface area contributed by atoms with Crippen LogP contribution in [-0.4, -0.2) is 25.2 Å². The second-order valence-corrected chi connectivity index (χ2v) is 10.1. The van der Waals surface area contributed by atoms with Gasteiger partial charge >= 0.3 is 11.9 Å². The molecule has 0 aliphatic rings. The third-order valence-corrected chi connectivity index (χ3v) is 6.48. The molecule has 0 spiro atoms. The molecule has 0 saturated heterocycles. The Kier molecular flexibility index (Phi) is 13.3. The first kappa shape index (κ1) is 31.8. The second kappa shape index (κ2) is 15.9. The number of unbranched alkanes of at least 4 members (excludes halogenated alkanes) is 5. The highest BCUT2D eigenvalue weighted by atomic mass is 35.5. The van der Waals surface area contributed by atoms with E-state index in [1.807, 2.05) is 0 Å². The van der Waals surface area contributed by atoms with Crippen molar-refractivity contribution in [3.8, 4) is 23.0 Å². The fraction of sp³-hybridized carbons (Fsp3) is 0.357. The molecule has 206 valence electrons. The van der Waals surface area contributed by atoms with Gasteiger partial charge in [-0.15, -0.1) is 0 Å². The topological polar surface area (TPSA) is 71.1 Å². The summed E-state index contributed by atoms with van der Waals surface area (Å²) < 4.78 is 21.9. The molecule has 0 heterocycles. The standard InChI is InChI=1S/C28H30Cl4O6/c1-17(2)27(33)37-25-19(29)11-13-21(23(25)31)35-15-9-7-5-6-8-10-16-36-22-14-12-20(30)26(24(22)32)38-28(34)18(3)4/h11-14H,1,3,5-10,15-16H2,2,4H3. The van der Waals surface area contributed by atoms with Crippen LogP contribution in [0.25, 0.3) is 0 Å². The van der Waals surface area contributed by atoms with Gasteiger partial charge in [-0.2, -0.15) is 0 Å².